The molecule has 19 heavy (non-hydrogen) atoms. The monoisotopic (exact) mass is 287 g/mol. The molecule has 2 heterocycles. The maximum absolute atomic E-state index is 11.5. The van der Waals surface area contributed by atoms with E-state index in [1.807, 2.05) is 4.68 Å². The summed E-state index contributed by atoms with van der Waals surface area (Å²) in [6, 6.07) is 0.255. The molecule has 0 atom stereocenters. The van der Waals surface area contributed by atoms with E-state index in [2.05, 4.69) is 29.6 Å². The Bertz CT molecular complexity index is 455. The van der Waals surface area contributed by atoms with E-state index in [1.54, 1.807) is 14.1 Å². The summed E-state index contributed by atoms with van der Waals surface area (Å²) in [5, 5.41) is 10.8. The van der Waals surface area contributed by atoms with Gasteiger partial charge in [-0.2, -0.15) is 5.10 Å². The van der Waals surface area contributed by atoms with Crippen LogP contribution in [0.5, 0.6) is 0 Å². The summed E-state index contributed by atoms with van der Waals surface area (Å²) in [4.78, 5) is 13.0. The minimum atomic E-state index is -0.0891. The first-order valence-corrected chi connectivity index (χ1v) is 6.25. The number of carbonyl (C=O) groups is 1. The molecule has 6 nitrogen and oxygen atoms in total. The summed E-state index contributed by atoms with van der Waals surface area (Å²) in [7, 11) is 3.46. The van der Waals surface area contributed by atoms with Gasteiger partial charge in [0.25, 0.3) is 0 Å². The summed E-state index contributed by atoms with van der Waals surface area (Å²) in [5.41, 5.74) is 3.46. The number of hydrogen-bond acceptors (Lipinski definition) is 3. The van der Waals surface area contributed by atoms with Crippen molar-refractivity contribution < 1.29 is 4.79 Å². The Labute approximate surface area is 119 Å². The first-order valence-electron chi connectivity index (χ1n) is 6.25. The van der Waals surface area contributed by atoms with Crippen LogP contribution in [-0.2, 0) is 19.6 Å². The summed E-state index contributed by atoms with van der Waals surface area (Å²) < 4.78 is 2.05. The first-order chi connectivity index (χ1) is 8.50. The van der Waals surface area contributed by atoms with Gasteiger partial charge in [0, 0.05) is 38.8 Å². The summed E-state index contributed by atoms with van der Waals surface area (Å²) in [5.74, 6) is 0. The van der Waals surface area contributed by atoms with Gasteiger partial charge in [0.2, 0.25) is 0 Å². The Morgan fingerprint density at radius 1 is 1.47 bits per heavy atom. The van der Waals surface area contributed by atoms with Crippen molar-refractivity contribution in [1.29, 1.82) is 0 Å². The molecule has 2 amide bonds. The molecule has 0 aliphatic carbocycles. The number of nitrogens with one attached hydrogen (secondary N) is 2. The summed E-state index contributed by atoms with van der Waals surface area (Å²) >= 11 is 0. The minimum absolute atomic E-state index is 0. The number of amides is 2. The summed E-state index contributed by atoms with van der Waals surface area (Å²) in [6.45, 7) is 6.43. The van der Waals surface area contributed by atoms with Crippen LogP contribution < -0.4 is 10.6 Å². The molecule has 1 aromatic rings. The maximum atomic E-state index is 11.5. The number of hydrogen-bond donors (Lipinski definition) is 2. The van der Waals surface area contributed by atoms with Crippen LogP contribution in [0.3, 0.4) is 0 Å². The van der Waals surface area contributed by atoms with E-state index in [-0.39, 0.29) is 18.4 Å². The second-order valence-electron chi connectivity index (χ2n) is 5.07. The third kappa shape index (κ3) is 3.19. The van der Waals surface area contributed by atoms with Crippen molar-refractivity contribution >= 4 is 18.4 Å². The molecule has 0 saturated heterocycles. The van der Waals surface area contributed by atoms with Crippen molar-refractivity contribution in [3.05, 3.63) is 17.0 Å². The van der Waals surface area contributed by atoms with Gasteiger partial charge in [-0.1, -0.05) is 0 Å². The molecule has 1 aromatic heterocycles. The van der Waals surface area contributed by atoms with Gasteiger partial charge in [-0.3, -0.25) is 4.68 Å². The second kappa shape index (κ2) is 6.25. The van der Waals surface area contributed by atoms with E-state index in [0.717, 1.165) is 18.8 Å². The van der Waals surface area contributed by atoms with E-state index in [9.17, 15) is 4.79 Å². The quantitative estimate of drug-likeness (QED) is 0.880. The number of aromatic nitrogens is 2. The lowest BCUT2D eigenvalue weighted by Crippen LogP contribution is -2.34. The zero-order valence-corrected chi connectivity index (χ0v) is 12.7. The molecule has 1 aliphatic heterocycles. The Kier molecular flexibility index (Phi) is 5.20. The summed E-state index contributed by atoms with van der Waals surface area (Å²) in [6.07, 6.45) is 0. The Hall–Kier alpha value is -1.27. The van der Waals surface area contributed by atoms with Gasteiger partial charge in [0.15, 0.2) is 0 Å². The molecule has 2 rings (SSSR count). The van der Waals surface area contributed by atoms with Crippen LogP contribution in [0.1, 0.15) is 36.8 Å². The van der Waals surface area contributed by atoms with E-state index >= 15 is 0 Å². The normalized spacial score (nSPS) is 13.1. The van der Waals surface area contributed by atoms with Crippen molar-refractivity contribution in [3.63, 3.8) is 0 Å². The van der Waals surface area contributed by atoms with Crippen LogP contribution in [0, 0.1) is 0 Å². The SMILES string of the molecule is CC(C)n1nc(CNC(=O)N(C)C)c2c1CNC2.Cl. The van der Waals surface area contributed by atoms with Crippen LogP contribution in [0.15, 0.2) is 0 Å². The fourth-order valence-electron chi connectivity index (χ4n) is 2.14. The molecular formula is C12H22ClN5O. The highest BCUT2D eigenvalue weighted by atomic mass is 35.5. The van der Waals surface area contributed by atoms with Gasteiger partial charge in [-0.25, -0.2) is 4.79 Å². The van der Waals surface area contributed by atoms with Crippen molar-refractivity contribution in [1.82, 2.24) is 25.3 Å². The first kappa shape index (κ1) is 15.8. The maximum Gasteiger partial charge on any atom is 0.317 e. The molecule has 0 spiro atoms. The highest BCUT2D eigenvalue weighted by molar-refractivity contribution is 5.85. The van der Waals surface area contributed by atoms with Crippen molar-refractivity contribution in [2.75, 3.05) is 14.1 Å². The number of urea groups is 1. The molecule has 108 valence electrons. The van der Waals surface area contributed by atoms with Crippen LogP contribution in [0.4, 0.5) is 4.79 Å². The number of rotatable bonds is 3. The van der Waals surface area contributed by atoms with Gasteiger partial charge in [0.1, 0.15) is 0 Å². The Balaban J connectivity index is 0.00000180. The molecule has 1 aliphatic rings. The number of carbonyl (C=O) groups excluding carboxylic acids is 1. The third-order valence-corrected chi connectivity index (χ3v) is 3.10. The molecule has 2 N–H and O–H groups in total. The molecular weight excluding hydrogens is 266 g/mol. The second-order valence-corrected chi connectivity index (χ2v) is 5.07. The van der Waals surface area contributed by atoms with Crippen LogP contribution in [-0.4, -0.2) is 34.8 Å². The number of fused-ring (bicyclic) bond motifs is 1. The largest absolute Gasteiger partial charge is 0.332 e. The van der Waals surface area contributed by atoms with Crippen molar-refractivity contribution in [2.45, 2.75) is 39.5 Å². The predicted octanol–water partition coefficient (Wildman–Crippen LogP) is 1.26. The van der Waals surface area contributed by atoms with Crippen molar-refractivity contribution in [2.24, 2.45) is 0 Å². The lowest BCUT2D eigenvalue weighted by Gasteiger charge is -2.11. The fourth-order valence-corrected chi connectivity index (χ4v) is 2.14. The third-order valence-electron chi connectivity index (χ3n) is 3.10. The molecule has 0 bridgehead atoms. The average molecular weight is 288 g/mol. The van der Waals surface area contributed by atoms with Crippen molar-refractivity contribution in [3.8, 4) is 0 Å². The van der Waals surface area contributed by atoms with E-state index in [1.165, 1.54) is 16.2 Å². The molecule has 0 saturated carbocycles. The predicted molar refractivity (Wildman–Crippen MR) is 76.3 cm³/mol. The highest BCUT2D eigenvalue weighted by Crippen LogP contribution is 2.22. The zero-order chi connectivity index (χ0) is 13.3. The zero-order valence-electron chi connectivity index (χ0n) is 11.9. The lowest BCUT2D eigenvalue weighted by atomic mass is 10.2. The highest BCUT2D eigenvalue weighted by Gasteiger charge is 2.23. The number of nitrogens with zero attached hydrogens (tertiary/aromatic N) is 3. The average Bonchev–Trinajstić information content (AvgIpc) is 2.86. The molecule has 0 radical (unpaired) electrons. The van der Waals surface area contributed by atoms with Crippen LogP contribution in [0.2, 0.25) is 0 Å². The van der Waals surface area contributed by atoms with Crippen LogP contribution in [0.25, 0.3) is 0 Å². The molecule has 7 heteroatoms. The van der Waals surface area contributed by atoms with Gasteiger partial charge < -0.3 is 15.5 Å². The van der Waals surface area contributed by atoms with Gasteiger partial charge in [-0.15, -0.1) is 12.4 Å². The van der Waals surface area contributed by atoms with Gasteiger partial charge in [-0.05, 0) is 13.8 Å². The Morgan fingerprint density at radius 2 is 2.16 bits per heavy atom. The van der Waals surface area contributed by atoms with E-state index in [4.69, 9.17) is 0 Å². The Morgan fingerprint density at radius 3 is 2.74 bits per heavy atom. The fraction of sp³-hybridized carbons (Fsp3) is 0.667. The van der Waals surface area contributed by atoms with E-state index < -0.39 is 0 Å². The van der Waals surface area contributed by atoms with Gasteiger partial charge in [0.05, 0.1) is 17.9 Å². The number of halogens is 1. The topological polar surface area (TPSA) is 62.2 Å². The molecule has 0 aromatic carbocycles. The van der Waals surface area contributed by atoms with Gasteiger partial charge >= 0.3 is 6.03 Å². The minimum Gasteiger partial charge on any atom is -0.332 e. The molecule has 0 unspecified atom stereocenters. The smallest absolute Gasteiger partial charge is 0.317 e. The lowest BCUT2D eigenvalue weighted by molar-refractivity contribution is 0.217. The standard InChI is InChI=1S/C12H21N5O.ClH/c1-8(2)17-11-7-13-5-9(11)10(15-17)6-14-12(18)16(3)4;/h8,13H,5-7H2,1-4H3,(H,14,18);1H. The molecule has 0 fully saturated rings. The van der Waals surface area contributed by atoms with E-state index in [0.29, 0.717) is 12.6 Å². The van der Waals surface area contributed by atoms with Crippen LogP contribution >= 0.6 is 12.4 Å².